The molecule has 0 aromatic heterocycles. The van der Waals surface area contributed by atoms with Gasteiger partial charge in [-0.3, -0.25) is 4.79 Å². The molecule has 2 nitrogen and oxygen atoms in total. The molecule has 2 bridgehead atoms. The largest absolute Gasteiger partial charge is 0.481 e. The standard InChI is InChI=1S/C10H5Cl7.C2H4O2/c11-4-2-1-3-5(4)9(15)7(13)6(12)8(3,14)10(9,16)17;1-2(3)4/h1-5H;1H3,(H,3,4). The first-order valence-electron chi connectivity index (χ1n) is 5.77. The Morgan fingerprint density at radius 3 is 2.00 bits per heavy atom. The molecule has 3 aliphatic carbocycles. The number of hydrogen-bond donors (Lipinski definition) is 1. The van der Waals surface area contributed by atoms with E-state index >= 15 is 0 Å². The molecule has 1 N–H and O–H groups in total. The highest BCUT2D eigenvalue weighted by Crippen LogP contribution is 2.78. The number of halogens is 7. The van der Waals surface area contributed by atoms with Gasteiger partial charge in [0, 0.05) is 18.8 Å². The average Bonchev–Trinajstić information content (AvgIpc) is 2.83. The first-order valence-corrected chi connectivity index (χ1v) is 8.48. The van der Waals surface area contributed by atoms with E-state index in [1.54, 1.807) is 0 Å². The monoisotopic (exact) mass is 430 g/mol. The zero-order chi connectivity index (χ0) is 16.4. The number of rotatable bonds is 0. The Labute approximate surface area is 156 Å². The molecule has 9 heteroatoms. The zero-order valence-electron chi connectivity index (χ0n) is 10.4. The lowest BCUT2D eigenvalue weighted by Gasteiger charge is -2.34. The van der Waals surface area contributed by atoms with Crippen LogP contribution in [0.15, 0.2) is 22.2 Å². The summed E-state index contributed by atoms with van der Waals surface area (Å²) in [7, 11) is 0. The molecule has 0 amide bonds. The lowest BCUT2D eigenvalue weighted by Crippen LogP contribution is -2.45. The van der Waals surface area contributed by atoms with Crippen molar-refractivity contribution < 1.29 is 9.90 Å². The maximum Gasteiger partial charge on any atom is 0.300 e. The Kier molecular flexibility index (Phi) is 4.81. The van der Waals surface area contributed by atoms with Gasteiger partial charge in [-0.05, 0) is 0 Å². The number of hydrogen-bond acceptors (Lipinski definition) is 1. The fourth-order valence-electron chi connectivity index (χ4n) is 3.08. The minimum absolute atomic E-state index is 0.205. The van der Waals surface area contributed by atoms with E-state index in [4.69, 9.17) is 91.1 Å². The van der Waals surface area contributed by atoms with Crippen molar-refractivity contribution in [2.75, 3.05) is 0 Å². The number of fused-ring (bicyclic) bond motifs is 5. The van der Waals surface area contributed by atoms with Gasteiger partial charge in [0.2, 0.25) is 0 Å². The second-order valence-electron chi connectivity index (χ2n) is 5.03. The summed E-state index contributed by atoms with van der Waals surface area (Å²) in [6.07, 6.45) is 3.69. The summed E-state index contributed by atoms with van der Waals surface area (Å²) in [6, 6.07) is 0. The summed E-state index contributed by atoms with van der Waals surface area (Å²) in [5, 5.41) is 7.53. The van der Waals surface area contributed by atoms with Gasteiger partial charge in [0.15, 0.2) is 4.33 Å². The number of carboxylic acids is 1. The molecular weight excluding hydrogens is 424 g/mol. The first-order chi connectivity index (χ1) is 9.44. The molecule has 5 unspecified atom stereocenters. The van der Waals surface area contributed by atoms with Crippen LogP contribution >= 0.6 is 81.2 Å². The van der Waals surface area contributed by atoms with Crippen LogP contribution in [0.3, 0.4) is 0 Å². The lowest BCUT2D eigenvalue weighted by atomic mass is 9.84. The number of carbonyl (C=O) groups is 1. The van der Waals surface area contributed by atoms with Crippen molar-refractivity contribution in [1.82, 2.24) is 0 Å². The molecule has 0 radical (unpaired) electrons. The summed E-state index contributed by atoms with van der Waals surface area (Å²) >= 11 is 44.5. The van der Waals surface area contributed by atoms with Crippen molar-refractivity contribution in [3.05, 3.63) is 22.2 Å². The minimum atomic E-state index is -1.48. The summed E-state index contributed by atoms with van der Waals surface area (Å²) in [5.41, 5.74) is 0. The molecule has 0 spiro atoms. The molecule has 5 atom stereocenters. The average molecular weight is 433 g/mol. The van der Waals surface area contributed by atoms with E-state index < -0.39 is 20.1 Å². The van der Waals surface area contributed by atoms with E-state index in [2.05, 4.69) is 0 Å². The van der Waals surface area contributed by atoms with E-state index in [1.165, 1.54) is 0 Å². The normalized spacial score (nSPS) is 45.4. The van der Waals surface area contributed by atoms with Crippen molar-refractivity contribution in [1.29, 1.82) is 0 Å². The molecule has 21 heavy (non-hydrogen) atoms. The fraction of sp³-hybridized carbons (Fsp3) is 0.583. The van der Waals surface area contributed by atoms with Gasteiger partial charge in [-0.25, -0.2) is 0 Å². The highest BCUT2D eigenvalue weighted by Gasteiger charge is 2.83. The molecule has 0 saturated heterocycles. The molecular formula is C12H9Cl7O2. The quantitative estimate of drug-likeness (QED) is 0.414. The third-order valence-electron chi connectivity index (χ3n) is 3.90. The van der Waals surface area contributed by atoms with Crippen LogP contribution in [0.1, 0.15) is 6.92 Å². The molecule has 1 fully saturated rings. The fourth-order valence-corrected chi connectivity index (χ4v) is 6.60. The van der Waals surface area contributed by atoms with Crippen LogP contribution in [0, 0.1) is 11.8 Å². The van der Waals surface area contributed by atoms with Gasteiger partial charge in [0.25, 0.3) is 5.97 Å². The SMILES string of the molecule is CC(=O)O.ClC1=C(Cl)C2(Cl)C3C(Cl)C=CC3C1(Cl)C2(Cl)Cl. The second kappa shape index (κ2) is 5.51. The molecule has 3 rings (SSSR count). The van der Waals surface area contributed by atoms with Gasteiger partial charge in [-0.1, -0.05) is 58.6 Å². The molecule has 3 aliphatic rings. The van der Waals surface area contributed by atoms with Crippen molar-refractivity contribution >= 4 is 87.2 Å². The minimum Gasteiger partial charge on any atom is -0.481 e. The van der Waals surface area contributed by atoms with E-state index in [-0.39, 0.29) is 27.3 Å². The number of aliphatic carboxylic acids is 1. The van der Waals surface area contributed by atoms with Crippen LogP contribution in [0.5, 0.6) is 0 Å². The Morgan fingerprint density at radius 2 is 1.52 bits per heavy atom. The lowest BCUT2D eigenvalue weighted by molar-refractivity contribution is -0.134. The van der Waals surface area contributed by atoms with Gasteiger partial charge >= 0.3 is 0 Å². The summed E-state index contributed by atoms with van der Waals surface area (Å²) in [4.78, 5) is 6.55. The van der Waals surface area contributed by atoms with Crippen LogP contribution in [-0.2, 0) is 4.79 Å². The van der Waals surface area contributed by atoms with Crippen LogP contribution < -0.4 is 0 Å². The molecule has 0 aromatic rings. The van der Waals surface area contributed by atoms with Gasteiger partial charge in [0.05, 0.1) is 15.4 Å². The van der Waals surface area contributed by atoms with E-state index in [1.807, 2.05) is 12.2 Å². The van der Waals surface area contributed by atoms with Gasteiger partial charge in [-0.2, -0.15) is 0 Å². The third-order valence-corrected chi connectivity index (χ3v) is 8.61. The predicted molar refractivity (Wildman–Crippen MR) is 89.4 cm³/mol. The number of carboxylic acid groups (broad SMARTS) is 1. The van der Waals surface area contributed by atoms with E-state index in [0.717, 1.165) is 6.92 Å². The van der Waals surface area contributed by atoms with Crippen molar-refractivity contribution in [2.24, 2.45) is 11.8 Å². The van der Waals surface area contributed by atoms with Crippen LogP contribution in [0.25, 0.3) is 0 Å². The Hall–Kier alpha value is 0.980. The molecule has 0 heterocycles. The van der Waals surface area contributed by atoms with Crippen LogP contribution in [-0.4, -0.2) is 30.5 Å². The van der Waals surface area contributed by atoms with Gasteiger partial charge < -0.3 is 5.11 Å². The van der Waals surface area contributed by atoms with Crippen molar-refractivity contribution in [3.8, 4) is 0 Å². The van der Waals surface area contributed by atoms with E-state index in [0.29, 0.717) is 0 Å². The summed E-state index contributed by atoms with van der Waals surface area (Å²) in [6.45, 7) is 1.08. The van der Waals surface area contributed by atoms with Crippen LogP contribution in [0.4, 0.5) is 0 Å². The Morgan fingerprint density at radius 1 is 1.10 bits per heavy atom. The topological polar surface area (TPSA) is 37.3 Å². The summed E-state index contributed by atoms with van der Waals surface area (Å²) in [5.74, 6) is -1.30. The maximum atomic E-state index is 9.00. The predicted octanol–water partition coefficient (Wildman–Crippen LogP) is 5.33. The Balaban J connectivity index is 0.000000361. The van der Waals surface area contributed by atoms with Gasteiger partial charge in [-0.15, -0.1) is 34.8 Å². The smallest absolute Gasteiger partial charge is 0.300 e. The number of allylic oxidation sites excluding steroid dienone is 4. The number of alkyl halides is 5. The van der Waals surface area contributed by atoms with Crippen molar-refractivity contribution in [3.63, 3.8) is 0 Å². The van der Waals surface area contributed by atoms with Gasteiger partial charge in [0.1, 0.15) is 9.75 Å². The Bertz CT molecular complexity index is 554. The van der Waals surface area contributed by atoms with E-state index in [9.17, 15) is 0 Å². The summed E-state index contributed by atoms with van der Waals surface area (Å²) < 4.78 is -1.48. The highest BCUT2D eigenvalue weighted by atomic mass is 35.5. The first kappa shape index (κ1) is 18.3. The highest BCUT2D eigenvalue weighted by molar-refractivity contribution is 6.66. The molecule has 0 aliphatic heterocycles. The maximum absolute atomic E-state index is 9.00. The molecule has 118 valence electrons. The molecule has 1 saturated carbocycles. The van der Waals surface area contributed by atoms with Crippen LogP contribution in [0.2, 0.25) is 0 Å². The molecule has 0 aromatic carbocycles. The third kappa shape index (κ3) is 2.10. The second-order valence-corrected chi connectivity index (χ2v) is 8.81. The van der Waals surface area contributed by atoms with Crippen molar-refractivity contribution in [2.45, 2.75) is 26.4 Å². The zero-order valence-corrected chi connectivity index (χ0v) is 15.7.